The number of hydrogen-bond donors (Lipinski definition) is 2. The summed E-state index contributed by atoms with van der Waals surface area (Å²) in [7, 11) is 0. The van der Waals surface area contributed by atoms with E-state index >= 15 is 0 Å². The van der Waals surface area contributed by atoms with Crippen LogP contribution >= 0.6 is 0 Å². The topological polar surface area (TPSA) is 82.8 Å². The number of furan rings is 1. The maximum Gasteiger partial charge on any atom is 0.227 e. The molecule has 2 heterocycles. The van der Waals surface area contributed by atoms with Gasteiger partial charge in [-0.15, -0.1) is 0 Å². The molecule has 2 aromatic rings. The van der Waals surface area contributed by atoms with Crippen molar-refractivity contribution < 1.29 is 19.1 Å². The van der Waals surface area contributed by atoms with Gasteiger partial charge in [0, 0.05) is 31.0 Å². The van der Waals surface area contributed by atoms with E-state index < -0.39 is 12.1 Å². The van der Waals surface area contributed by atoms with Gasteiger partial charge in [0.2, 0.25) is 11.8 Å². The summed E-state index contributed by atoms with van der Waals surface area (Å²) in [5.74, 6) is -0.292. The summed E-state index contributed by atoms with van der Waals surface area (Å²) in [4.78, 5) is 25.2. The second-order valence-electron chi connectivity index (χ2n) is 6.11. The number of carbonyl (C=O) groups excluding carboxylic acids is 2. The molecule has 0 bridgehead atoms. The standard InChI is InChI=1S/C17H20N2O4/c1-10-3-4-13-12(9-23-16(13)5-10)6-17(22)19-7-14(15(21)8-19)18-11(2)20/h3-5,9,14-15,21H,6-8H2,1-2H3,(H,18,20)/t14-,15-/m1/s1. The number of nitrogens with one attached hydrogen (secondary N) is 1. The van der Waals surface area contributed by atoms with Crippen molar-refractivity contribution in [3.8, 4) is 0 Å². The summed E-state index contributed by atoms with van der Waals surface area (Å²) in [5.41, 5.74) is 2.71. The van der Waals surface area contributed by atoms with Crippen LogP contribution in [0, 0.1) is 6.92 Å². The third-order valence-corrected chi connectivity index (χ3v) is 4.18. The molecule has 122 valence electrons. The molecular formula is C17H20N2O4. The van der Waals surface area contributed by atoms with Crippen LogP contribution in [-0.2, 0) is 16.0 Å². The normalized spacial score (nSPS) is 20.9. The Morgan fingerprint density at radius 2 is 2.17 bits per heavy atom. The molecule has 0 aliphatic carbocycles. The van der Waals surface area contributed by atoms with Crippen LogP contribution in [0.3, 0.4) is 0 Å². The Morgan fingerprint density at radius 1 is 1.39 bits per heavy atom. The second kappa shape index (κ2) is 6.04. The molecule has 1 saturated heterocycles. The number of rotatable bonds is 3. The molecule has 0 spiro atoms. The molecule has 2 N–H and O–H groups in total. The predicted octanol–water partition coefficient (Wildman–Crippen LogP) is 0.992. The molecule has 6 heteroatoms. The number of amides is 2. The Bertz CT molecular complexity index is 752. The highest BCUT2D eigenvalue weighted by molar-refractivity contribution is 5.88. The fraction of sp³-hybridized carbons (Fsp3) is 0.412. The van der Waals surface area contributed by atoms with Crippen LogP contribution in [0.15, 0.2) is 28.9 Å². The zero-order valence-corrected chi connectivity index (χ0v) is 13.2. The zero-order valence-electron chi connectivity index (χ0n) is 13.2. The number of fused-ring (bicyclic) bond motifs is 1. The second-order valence-corrected chi connectivity index (χ2v) is 6.11. The number of carbonyl (C=O) groups is 2. The van der Waals surface area contributed by atoms with E-state index in [4.69, 9.17) is 4.42 Å². The number of likely N-dealkylation sites (tertiary alicyclic amines) is 1. The van der Waals surface area contributed by atoms with Gasteiger partial charge in [-0.1, -0.05) is 12.1 Å². The third-order valence-electron chi connectivity index (χ3n) is 4.18. The monoisotopic (exact) mass is 316 g/mol. The lowest BCUT2D eigenvalue weighted by molar-refractivity contribution is -0.130. The van der Waals surface area contributed by atoms with Crippen LogP contribution in [0.4, 0.5) is 0 Å². The number of aryl methyl sites for hydroxylation is 1. The summed E-state index contributed by atoms with van der Waals surface area (Å²) in [6, 6.07) is 5.48. The lowest BCUT2D eigenvalue weighted by Crippen LogP contribution is -2.42. The summed E-state index contributed by atoms with van der Waals surface area (Å²) in [6.07, 6.45) is 1.10. The molecule has 1 aliphatic rings. The highest BCUT2D eigenvalue weighted by Crippen LogP contribution is 2.23. The van der Waals surface area contributed by atoms with Crippen molar-refractivity contribution in [2.24, 2.45) is 0 Å². The van der Waals surface area contributed by atoms with Gasteiger partial charge in [-0.3, -0.25) is 9.59 Å². The van der Waals surface area contributed by atoms with E-state index in [9.17, 15) is 14.7 Å². The van der Waals surface area contributed by atoms with E-state index in [1.165, 1.54) is 6.92 Å². The number of benzene rings is 1. The first-order valence-corrected chi connectivity index (χ1v) is 7.63. The van der Waals surface area contributed by atoms with E-state index in [0.29, 0.717) is 6.54 Å². The van der Waals surface area contributed by atoms with Crippen molar-refractivity contribution in [2.75, 3.05) is 13.1 Å². The molecule has 0 unspecified atom stereocenters. The van der Waals surface area contributed by atoms with Gasteiger partial charge >= 0.3 is 0 Å². The van der Waals surface area contributed by atoms with Gasteiger partial charge in [0.15, 0.2) is 0 Å². The average Bonchev–Trinajstić information content (AvgIpc) is 3.03. The van der Waals surface area contributed by atoms with Gasteiger partial charge in [-0.25, -0.2) is 0 Å². The van der Waals surface area contributed by atoms with Crippen LogP contribution in [0.1, 0.15) is 18.1 Å². The summed E-state index contributed by atoms with van der Waals surface area (Å²) < 4.78 is 5.51. The molecule has 3 rings (SSSR count). The lowest BCUT2D eigenvalue weighted by atomic mass is 10.1. The minimum absolute atomic E-state index is 0.0832. The Morgan fingerprint density at radius 3 is 2.91 bits per heavy atom. The highest BCUT2D eigenvalue weighted by atomic mass is 16.3. The molecule has 1 aliphatic heterocycles. The molecule has 0 saturated carbocycles. The van der Waals surface area contributed by atoms with Crippen molar-refractivity contribution in [3.05, 3.63) is 35.6 Å². The van der Waals surface area contributed by atoms with Gasteiger partial charge in [0.1, 0.15) is 5.58 Å². The number of nitrogens with zero attached hydrogens (tertiary/aromatic N) is 1. The minimum Gasteiger partial charge on any atom is -0.464 e. The van der Waals surface area contributed by atoms with Crippen LogP contribution in [0.25, 0.3) is 11.0 Å². The van der Waals surface area contributed by atoms with E-state index in [1.54, 1.807) is 11.2 Å². The Balaban J connectivity index is 1.70. The van der Waals surface area contributed by atoms with Gasteiger partial charge in [-0.05, 0) is 18.6 Å². The van der Waals surface area contributed by atoms with Gasteiger partial charge in [0.25, 0.3) is 0 Å². The third kappa shape index (κ3) is 3.22. The number of aliphatic hydroxyl groups excluding tert-OH is 1. The van der Waals surface area contributed by atoms with Crippen LogP contribution in [0.5, 0.6) is 0 Å². The first-order valence-electron chi connectivity index (χ1n) is 7.63. The summed E-state index contributed by atoms with van der Waals surface area (Å²) in [5, 5.41) is 13.6. The molecule has 2 atom stereocenters. The van der Waals surface area contributed by atoms with Gasteiger partial charge in [0.05, 0.1) is 24.8 Å². The van der Waals surface area contributed by atoms with Crippen LogP contribution in [-0.4, -0.2) is 47.1 Å². The van der Waals surface area contributed by atoms with Crippen molar-refractivity contribution in [3.63, 3.8) is 0 Å². The summed E-state index contributed by atoms with van der Waals surface area (Å²) in [6.45, 7) is 3.95. The van der Waals surface area contributed by atoms with Gasteiger partial charge in [-0.2, -0.15) is 0 Å². The molecule has 6 nitrogen and oxygen atoms in total. The predicted molar refractivity (Wildman–Crippen MR) is 84.8 cm³/mol. The smallest absolute Gasteiger partial charge is 0.227 e. The first-order chi connectivity index (χ1) is 10.9. The molecule has 1 aromatic heterocycles. The lowest BCUT2D eigenvalue weighted by Gasteiger charge is -2.16. The fourth-order valence-corrected chi connectivity index (χ4v) is 3.00. The minimum atomic E-state index is -0.730. The first kappa shape index (κ1) is 15.6. The molecule has 1 fully saturated rings. The van der Waals surface area contributed by atoms with Crippen molar-refractivity contribution in [1.82, 2.24) is 10.2 Å². The van der Waals surface area contributed by atoms with Gasteiger partial charge < -0.3 is 19.7 Å². The molecule has 23 heavy (non-hydrogen) atoms. The Kier molecular flexibility index (Phi) is 4.09. The molecule has 0 radical (unpaired) electrons. The van der Waals surface area contributed by atoms with Crippen molar-refractivity contribution >= 4 is 22.8 Å². The van der Waals surface area contributed by atoms with Crippen LogP contribution < -0.4 is 5.32 Å². The number of hydrogen-bond acceptors (Lipinski definition) is 4. The Hall–Kier alpha value is -2.34. The van der Waals surface area contributed by atoms with E-state index in [1.807, 2.05) is 25.1 Å². The van der Waals surface area contributed by atoms with Crippen LogP contribution in [0.2, 0.25) is 0 Å². The molecule has 1 aromatic carbocycles. The SMILES string of the molecule is CC(=O)N[C@@H]1CN(C(=O)Cc2coc3cc(C)ccc23)C[C@H]1O. The Labute approximate surface area is 134 Å². The highest BCUT2D eigenvalue weighted by Gasteiger charge is 2.34. The number of aliphatic hydroxyl groups is 1. The quantitative estimate of drug-likeness (QED) is 0.885. The largest absolute Gasteiger partial charge is 0.464 e. The van der Waals surface area contributed by atoms with E-state index in [-0.39, 0.29) is 24.8 Å². The maximum atomic E-state index is 12.5. The maximum absolute atomic E-state index is 12.5. The molecule has 2 amide bonds. The van der Waals surface area contributed by atoms with Crippen molar-refractivity contribution in [1.29, 1.82) is 0 Å². The summed E-state index contributed by atoms with van der Waals surface area (Å²) >= 11 is 0. The fourth-order valence-electron chi connectivity index (χ4n) is 3.00. The average molecular weight is 316 g/mol. The zero-order chi connectivity index (χ0) is 16.6. The van der Waals surface area contributed by atoms with E-state index in [2.05, 4.69) is 5.32 Å². The van der Waals surface area contributed by atoms with Crippen molar-refractivity contribution in [2.45, 2.75) is 32.4 Å². The molecular weight excluding hydrogens is 296 g/mol. The van der Waals surface area contributed by atoms with E-state index in [0.717, 1.165) is 22.1 Å². The number of β-amino-alcohol motifs (C(OH)–C–C–N with tert-alkyl or cyclic N) is 1.